The molecule has 20 N–H and O–H groups in total. The predicted octanol–water partition coefficient (Wildman–Crippen LogP) is -2.69. The van der Waals surface area contributed by atoms with Crippen LogP contribution in [0.5, 0.6) is 0 Å². The number of primary amides is 1. The molecule has 9 amide bonds. The van der Waals surface area contributed by atoms with Gasteiger partial charge in [-0.15, -0.1) is 0 Å². The average molecular weight is 1100 g/mol. The summed E-state index contributed by atoms with van der Waals surface area (Å²) in [7, 11) is 0. The Morgan fingerprint density at radius 1 is 0.513 bits per heavy atom. The monoisotopic (exact) mass is 1100 g/mol. The topological polar surface area (TPSA) is 467 Å². The van der Waals surface area contributed by atoms with Crippen molar-refractivity contribution in [1.82, 2.24) is 42.5 Å². The van der Waals surface area contributed by atoms with Crippen LogP contribution in [-0.2, 0) is 52.7 Å². The van der Waals surface area contributed by atoms with Gasteiger partial charge in [-0.3, -0.25) is 52.9 Å². The minimum atomic E-state index is -1.78. The van der Waals surface area contributed by atoms with Gasteiger partial charge in [0.25, 0.3) is 0 Å². The third-order valence-electron chi connectivity index (χ3n) is 12.3. The zero-order valence-corrected chi connectivity index (χ0v) is 46.2. The Kier molecular flexibility index (Phi) is 33.6. The second-order valence-electron chi connectivity index (χ2n) is 19.8. The van der Waals surface area contributed by atoms with Crippen molar-refractivity contribution in [1.29, 1.82) is 0 Å². The standard InChI is InChI=1S/C48H88N14O13S/c1-9-26(7)37(45(72)56-30(47(74)75)15-13-19-54-48(52)53)62-43(70)32(21-25(5)6)59-46(73)38(27(8)10-2)61-40(67)29(16-17-36(64)65)55-42(69)33(22-35(51)63)58-41(68)31(20-24(3)4)57-44(71)34(23-76)60-39(66)28(50)14-11-12-18-49/h24-34,37-38,76H,9-23,49-50H2,1-8H3,(H2,51,63)(H,55,69)(H,56,72)(H,57,71)(H,58,68)(H,59,73)(H,60,66)(H,61,67)(H,62,70)(H,64,65)(H,74,75)(H4,52,53,54)/t26-,27-,28-,29-,30-,31-,32-,33-,34-,37-,38-/m0/s1. The quantitative estimate of drug-likeness (QED) is 0.0129. The number of nitrogens with one attached hydrogen (secondary N) is 8. The first-order valence-corrected chi connectivity index (χ1v) is 26.4. The molecule has 0 bridgehead atoms. The normalized spacial score (nSPS) is 15.5. The van der Waals surface area contributed by atoms with Crippen LogP contribution in [0.25, 0.3) is 0 Å². The molecule has 0 aromatic rings. The van der Waals surface area contributed by atoms with Crippen LogP contribution in [0.2, 0.25) is 0 Å². The maximum atomic E-state index is 14.2. The number of guanidine groups is 1. The predicted molar refractivity (Wildman–Crippen MR) is 286 cm³/mol. The molecule has 434 valence electrons. The minimum Gasteiger partial charge on any atom is -0.481 e. The van der Waals surface area contributed by atoms with Gasteiger partial charge in [0.1, 0.15) is 48.3 Å². The molecule has 0 aliphatic rings. The first-order chi connectivity index (χ1) is 35.5. The number of carbonyl (C=O) groups excluding carboxylic acids is 9. The Morgan fingerprint density at radius 2 is 0.934 bits per heavy atom. The molecule has 0 aliphatic carbocycles. The summed E-state index contributed by atoms with van der Waals surface area (Å²) < 4.78 is 0. The van der Waals surface area contributed by atoms with Crippen LogP contribution >= 0.6 is 12.6 Å². The lowest BCUT2D eigenvalue weighted by Gasteiger charge is -2.31. The summed E-state index contributed by atoms with van der Waals surface area (Å²) in [5, 5.41) is 39.6. The Bertz CT molecular complexity index is 1980. The molecule has 0 saturated carbocycles. The molecule has 0 aliphatic heterocycles. The van der Waals surface area contributed by atoms with E-state index < -0.39 is 151 Å². The molecule has 0 spiro atoms. The second-order valence-corrected chi connectivity index (χ2v) is 20.2. The molecule has 28 heteroatoms. The summed E-state index contributed by atoms with van der Waals surface area (Å²) in [6.45, 7) is 14.3. The van der Waals surface area contributed by atoms with Crippen molar-refractivity contribution >= 4 is 83.7 Å². The van der Waals surface area contributed by atoms with Gasteiger partial charge < -0.3 is 81.4 Å². The van der Waals surface area contributed by atoms with Gasteiger partial charge in [0, 0.05) is 18.7 Å². The third kappa shape index (κ3) is 27.5. The molecule has 0 radical (unpaired) electrons. The highest BCUT2D eigenvalue weighted by atomic mass is 32.1. The van der Waals surface area contributed by atoms with Crippen molar-refractivity contribution in [3.63, 3.8) is 0 Å². The smallest absolute Gasteiger partial charge is 0.326 e. The van der Waals surface area contributed by atoms with Gasteiger partial charge in [-0.2, -0.15) is 12.6 Å². The van der Waals surface area contributed by atoms with E-state index in [1.54, 1.807) is 55.4 Å². The third-order valence-corrected chi connectivity index (χ3v) is 12.6. The fourth-order valence-corrected chi connectivity index (χ4v) is 7.74. The summed E-state index contributed by atoms with van der Waals surface area (Å²) in [6.07, 6.45) is 0.338. The van der Waals surface area contributed by atoms with E-state index in [4.69, 9.17) is 28.7 Å². The zero-order valence-electron chi connectivity index (χ0n) is 45.3. The Labute approximate surface area is 450 Å². The molecule has 0 aromatic heterocycles. The number of carboxylic acids is 2. The van der Waals surface area contributed by atoms with Crippen LogP contribution in [0, 0.1) is 23.7 Å². The molecule has 0 rings (SSSR count). The molecule has 0 saturated heterocycles. The summed E-state index contributed by atoms with van der Waals surface area (Å²) in [6, 6.07) is -12.3. The molecule has 27 nitrogen and oxygen atoms in total. The summed E-state index contributed by atoms with van der Waals surface area (Å²) >= 11 is 4.18. The summed E-state index contributed by atoms with van der Waals surface area (Å²) in [4.78, 5) is 150. The van der Waals surface area contributed by atoms with Crippen molar-refractivity contribution in [2.75, 3.05) is 18.8 Å². The lowest BCUT2D eigenvalue weighted by molar-refractivity contribution is -0.143. The molecule has 0 heterocycles. The molecule has 0 aromatic carbocycles. The highest BCUT2D eigenvalue weighted by molar-refractivity contribution is 7.80. The Morgan fingerprint density at radius 3 is 1.37 bits per heavy atom. The van der Waals surface area contributed by atoms with Crippen molar-refractivity contribution in [2.45, 2.75) is 187 Å². The number of nitrogens with zero attached hydrogens (tertiary/aromatic N) is 1. The van der Waals surface area contributed by atoms with E-state index in [-0.39, 0.29) is 62.2 Å². The minimum absolute atomic E-state index is 0.00135. The average Bonchev–Trinajstić information content (AvgIpc) is 3.33. The molecule has 0 fully saturated rings. The van der Waals surface area contributed by atoms with E-state index in [0.717, 1.165) is 0 Å². The fraction of sp³-hybridized carbons (Fsp3) is 0.750. The van der Waals surface area contributed by atoms with Gasteiger partial charge in [0.2, 0.25) is 53.2 Å². The van der Waals surface area contributed by atoms with Crippen molar-refractivity contribution in [3.8, 4) is 0 Å². The largest absolute Gasteiger partial charge is 0.481 e. The number of carbonyl (C=O) groups is 11. The molecular formula is C48H88N14O13S. The number of nitrogens with two attached hydrogens (primary N) is 5. The first kappa shape index (κ1) is 69.7. The Balaban J connectivity index is 6.69. The number of hydrogen-bond donors (Lipinski definition) is 16. The highest BCUT2D eigenvalue weighted by Crippen LogP contribution is 2.15. The van der Waals surface area contributed by atoms with Gasteiger partial charge in [0.15, 0.2) is 5.96 Å². The van der Waals surface area contributed by atoms with E-state index in [9.17, 15) is 63.0 Å². The number of amides is 9. The van der Waals surface area contributed by atoms with E-state index in [1.165, 1.54) is 0 Å². The molecule has 11 atom stereocenters. The van der Waals surface area contributed by atoms with E-state index >= 15 is 0 Å². The number of hydrogen-bond acceptors (Lipinski definition) is 15. The van der Waals surface area contributed by atoms with E-state index in [2.05, 4.69) is 60.2 Å². The summed E-state index contributed by atoms with van der Waals surface area (Å²) in [5.41, 5.74) is 27.7. The maximum absolute atomic E-state index is 14.2. The number of aliphatic carboxylic acids is 2. The van der Waals surface area contributed by atoms with Gasteiger partial charge in [-0.1, -0.05) is 74.7 Å². The number of aliphatic imine (C=N–C) groups is 1. The highest BCUT2D eigenvalue weighted by Gasteiger charge is 2.37. The lowest BCUT2D eigenvalue weighted by atomic mass is 9.95. The number of unbranched alkanes of at least 4 members (excludes halogenated alkanes) is 1. The molecule has 76 heavy (non-hydrogen) atoms. The van der Waals surface area contributed by atoms with Crippen LogP contribution in [0.3, 0.4) is 0 Å². The van der Waals surface area contributed by atoms with Gasteiger partial charge in [-0.25, -0.2) is 4.79 Å². The number of thiol groups is 1. The second kappa shape index (κ2) is 36.6. The Hall–Kier alpha value is -6.29. The number of carboxylic acid groups (broad SMARTS) is 2. The van der Waals surface area contributed by atoms with E-state index in [0.29, 0.717) is 32.2 Å². The molecule has 0 unspecified atom stereocenters. The molecular weight excluding hydrogens is 1010 g/mol. The first-order valence-electron chi connectivity index (χ1n) is 25.8. The summed E-state index contributed by atoms with van der Waals surface area (Å²) in [5.74, 6) is -12.8. The zero-order chi connectivity index (χ0) is 58.4. The van der Waals surface area contributed by atoms with Crippen molar-refractivity contribution in [2.24, 2.45) is 57.3 Å². The maximum Gasteiger partial charge on any atom is 0.326 e. The van der Waals surface area contributed by atoms with Crippen LogP contribution in [0.15, 0.2) is 4.99 Å². The van der Waals surface area contributed by atoms with Crippen LogP contribution < -0.4 is 71.2 Å². The van der Waals surface area contributed by atoms with Gasteiger partial charge in [-0.05, 0) is 75.2 Å². The number of rotatable bonds is 39. The van der Waals surface area contributed by atoms with Crippen LogP contribution in [0.4, 0.5) is 0 Å². The SMILES string of the molecule is CC[C@H](C)[C@H](NC(=O)[C@H](CC(C)C)NC(=O)[C@@H](NC(=O)[C@H](CCC(=O)O)NC(=O)[C@H](CC(N)=O)NC(=O)[C@H](CC(C)C)NC(=O)[C@H](CS)NC(=O)[C@@H](N)CCCCN)[C@@H](C)CC)C(=O)N[C@@H](CCCN=C(N)N)C(=O)O. The van der Waals surface area contributed by atoms with Gasteiger partial charge >= 0.3 is 11.9 Å². The van der Waals surface area contributed by atoms with Crippen LogP contribution in [-0.4, -0.2) is 154 Å². The van der Waals surface area contributed by atoms with Crippen molar-refractivity contribution in [3.05, 3.63) is 0 Å². The lowest BCUT2D eigenvalue weighted by Crippen LogP contribution is -2.62. The van der Waals surface area contributed by atoms with Gasteiger partial charge in [0.05, 0.1) is 12.5 Å². The van der Waals surface area contributed by atoms with E-state index in [1.807, 2.05) is 0 Å². The van der Waals surface area contributed by atoms with Crippen LogP contribution in [0.1, 0.15) is 132 Å². The fourth-order valence-electron chi connectivity index (χ4n) is 7.48. The van der Waals surface area contributed by atoms with Crippen molar-refractivity contribution < 1.29 is 63.0 Å².